The average molecular weight is 287 g/mol. The number of carbonyl (C=O) groups excluding carboxylic acids is 1. The van der Waals surface area contributed by atoms with Gasteiger partial charge in [-0.3, -0.25) is 4.79 Å². The maximum Gasteiger partial charge on any atom is 0.274 e. The number of methoxy groups -OCH3 is 1. The van der Waals surface area contributed by atoms with Crippen molar-refractivity contribution in [3.63, 3.8) is 0 Å². The van der Waals surface area contributed by atoms with Gasteiger partial charge in [-0.25, -0.2) is 0 Å². The summed E-state index contributed by atoms with van der Waals surface area (Å²) in [7, 11) is 3.35. The van der Waals surface area contributed by atoms with Gasteiger partial charge in [-0.1, -0.05) is 13.0 Å². The molecule has 0 aliphatic heterocycles. The lowest BCUT2D eigenvalue weighted by molar-refractivity contribution is 0.0984. The number of nitrogen functional groups attached to an aromatic ring is 1. The Kier molecular flexibility index (Phi) is 4.52. The maximum atomic E-state index is 12.7. The van der Waals surface area contributed by atoms with Crippen molar-refractivity contribution in [1.29, 1.82) is 0 Å². The zero-order chi connectivity index (χ0) is 15.4. The van der Waals surface area contributed by atoms with Gasteiger partial charge in [0.1, 0.15) is 11.4 Å². The third-order valence-corrected chi connectivity index (χ3v) is 3.35. The highest BCUT2D eigenvalue weighted by Crippen LogP contribution is 2.22. The number of aromatic nitrogens is 1. The van der Waals surface area contributed by atoms with E-state index in [2.05, 4.69) is 6.92 Å². The molecule has 0 bridgehead atoms. The lowest BCUT2D eigenvalue weighted by Crippen LogP contribution is -2.28. The zero-order valence-corrected chi connectivity index (χ0v) is 12.7. The van der Waals surface area contributed by atoms with E-state index in [0.29, 0.717) is 11.4 Å². The molecule has 0 radical (unpaired) electrons. The summed E-state index contributed by atoms with van der Waals surface area (Å²) in [6.07, 6.45) is 2.74. The quantitative estimate of drug-likeness (QED) is 0.920. The van der Waals surface area contributed by atoms with Crippen LogP contribution in [0.25, 0.3) is 0 Å². The molecule has 0 fully saturated rings. The van der Waals surface area contributed by atoms with Crippen molar-refractivity contribution in [2.75, 3.05) is 24.8 Å². The van der Waals surface area contributed by atoms with Gasteiger partial charge in [0.05, 0.1) is 12.8 Å². The Morgan fingerprint density at radius 3 is 2.81 bits per heavy atom. The van der Waals surface area contributed by atoms with Crippen molar-refractivity contribution < 1.29 is 9.53 Å². The van der Waals surface area contributed by atoms with E-state index >= 15 is 0 Å². The topological polar surface area (TPSA) is 60.5 Å². The van der Waals surface area contributed by atoms with E-state index in [-0.39, 0.29) is 5.91 Å². The van der Waals surface area contributed by atoms with Crippen LogP contribution < -0.4 is 15.4 Å². The van der Waals surface area contributed by atoms with Gasteiger partial charge in [-0.05, 0) is 24.6 Å². The predicted octanol–water partition coefficient (Wildman–Crippen LogP) is 2.77. The fraction of sp³-hybridized carbons (Fsp3) is 0.312. The van der Waals surface area contributed by atoms with E-state index < -0.39 is 0 Å². The number of hydrogen-bond acceptors (Lipinski definition) is 3. The SMILES string of the molecule is CCCn1cc(N)cc1C(=O)N(C)c1cccc(OC)c1. The molecular weight excluding hydrogens is 266 g/mol. The number of benzene rings is 1. The summed E-state index contributed by atoms with van der Waals surface area (Å²) in [6, 6.07) is 9.12. The average Bonchev–Trinajstić information content (AvgIpc) is 2.87. The van der Waals surface area contributed by atoms with Gasteiger partial charge in [0.15, 0.2) is 0 Å². The van der Waals surface area contributed by atoms with Crippen LogP contribution in [0.5, 0.6) is 5.75 Å². The monoisotopic (exact) mass is 287 g/mol. The Balaban J connectivity index is 2.30. The van der Waals surface area contributed by atoms with Gasteiger partial charge in [0.25, 0.3) is 5.91 Å². The molecular formula is C16H21N3O2. The van der Waals surface area contributed by atoms with E-state index in [9.17, 15) is 4.79 Å². The minimum absolute atomic E-state index is 0.0894. The fourth-order valence-corrected chi connectivity index (χ4v) is 2.25. The number of carbonyl (C=O) groups is 1. The smallest absolute Gasteiger partial charge is 0.274 e. The third kappa shape index (κ3) is 3.18. The predicted molar refractivity (Wildman–Crippen MR) is 84.9 cm³/mol. The number of hydrogen-bond donors (Lipinski definition) is 1. The molecule has 0 aliphatic rings. The molecule has 1 amide bonds. The van der Waals surface area contributed by atoms with E-state index in [1.807, 2.05) is 28.8 Å². The van der Waals surface area contributed by atoms with Crippen LogP contribution in [0.2, 0.25) is 0 Å². The van der Waals surface area contributed by atoms with Gasteiger partial charge in [-0.2, -0.15) is 0 Å². The summed E-state index contributed by atoms with van der Waals surface area (Å²) >= 11 is 0. The summed E-state index contributed by atoms with van der Waals surface area (Å²) < 4.78 is 7.09. The molecule has 2 rings (SSSR count). The number of amides is 1. The Morgan fingerprint density at radius 2 is 2.14 bits per heavy atom. The van der Waals surface area contributed by atoms with Crippen LogP contribution >= 0.6 is 0 Å². The molecule has 1 aromatic carbocycles. The van der Waals surface area contributed by atoms with Crippen LogP contribution in [0.15, 0.2) is 36.5 Å². The molecule has 0 saturated carbocycles. The second-order valence-corrected chi connectivity index (χ2v) is 4.92. The van der Waals surface area contributed by atoms with Crippen LogP contribution in [-0.2, 0) is 6.54 Å². The standard InChI is InChI=1S/C16H21N3O2/c1-4-8-19-11-12(17)9-15(19)16(20)18(2)13-6-5-7-14(10-13)21-3/h5-7,9-11H,4,8,17H2,1-3H3. The molecule has 0 spiro atoms. The van der Waals surface area contributed by atoms with Crippen molar-refractivity contribution in [2.24, 2.45) is 0 Å². The molecule has 1 heterocycles. The third-order valence-electron chi connectivity index (χ3n) is 3.35. The summed E-state index contributed by atoms with van der Waals surface area (Å²) in [5.74, 6) is 0.629. The summed E-state index contributed by atoms with van der Waals surface area (Å²) in [4.78, 5) is 14.3. The molecule has 0 aliphatic carbocycles. The zero-order valence-electron chi connectivity index (χ0n) is 12.7. The first kappa shape index (κ1) is 15.0. The summed E-state index contributed by atoms with van der Waals surface area (Å²) in [5, 5.41) is 0. The maximum absolute atomic E-state index is 12.7. The molecule has 5 nitrogen and oxygen atoms in total. The van der Waals surface area contributed by atoms with E-state index in [4.69, 9.17) is 10.5 Å². The molecule has 0 atom stereocenters. The molecule has 2 aromatic rings. The number of aryl methyl sites for hydroxylation is 1. The Hall–Kier alpha value is -2.43. The van der Waals surface area contributed by atoms with E-state index in [1.54, 1.807) is 31.3 Å². The minimum atomic E-state index is -0.0894. The highest BCUT2D eigenvalue weighted by Gasteiger charge is 2.18. The van der Waals surface area contributed by atoms with Gasteiger partial charge in [0, 0.05) is 31.5 Å². The van der Waals surface area contributed by atoms with Gasteiger partial charge >= 0.3 is 0 Å². The first-order valence-corrected chi connectivity index (χ1v) is 6.94. The van der Waals surface area contributed by atoms with Crippen molar-refractivity contribution in [3.05, 3.63) is 42.2 Å². The molecule has 5 heteroatoms. The van der Waals surface area contributed by atoms with Crippen molar-refractivity contribution in [2.45, 2.75) is 19.9 Å². The van der Waals surface area contributed by atoms with Crippen LogP contribution in [0.3, 0.4) is 0 Å². The number of anilines is 2. The fourth-order valence-electron chi connectivity index (χ4n) is 2.25. The number of nitrogens with two attached hydrogens (primary N) is 1. The second kappa shape index (κ2) is 6.35. The largest absolute Gasteiger partial charge is 0.497 e. The van der Waals surface area contributed by atoms with Crippen LogP contribution in [0.4, 0.5) is 11.4 Å². The van der Waals surface area contributed by atoms with Crippen molar-refractivity contribution in [1.82, 2.24) is 4.57 Å². The first-order valence-electron chi connectivity index (χ1n) is 6.94. The van der Waals surface area contributed by atoms with E-state index in [0.717, 1.165) is 24.4 Å². The Morgan fingerprint density at radius 1 is 1.38 bits per heavy atom. The second-order valence-electron chi connectivity index (χ2n) is 4.92. The van der Waals surface area contributed by atoms with Crippen molar-refractivity contribution in [3.8, 4) is 5.75 Å². The minimum Gasteiger partial charge on any atom is -0.497 e. The van der Waals surface area contributed by atoms with Crippen molar-refractivity contribution >= 4 is 17.3 Å². The highest BCUT2D eigenvalue weighted by molar-refractivity contribution is 6.05. The number of ether oxygens (including phenoxy) is 1. The summed E-state index contributed by atoms with van der Waals surface area (Å²) in [5.41, 5.74) is 7.80. The van der Waals surface area contributed by atoms with Crippen LogP contribution in [0.1, 0.15) is 23.8 Å². The number of rotatable bonds is 5. The highest BCUT2D eigenvalue weighted by atomic mass is 16.5. The molecule has 21 heavy (non-hydrogen) atoms. The lowest BCUT2D eigenvalue weighted by Gasteiger charge is -2.19. The number of nitrogens with zero attached hydrogens (tertiary/aromatic N) is 2. The normalized spacial score (nSPS) is 10.4. The molecule has 1 aromatic heterocycles. The van der Waals surface area contributed by atoms with Crippen LogP contribution in [-0.4, -0.2) is 24.6 Å². The molecule has 112 valence electrons. The molecule has 2 N–H and O–H groups in total. The van der Waals surface area contributed by atoms with Gasteiger partial charge in [0.2, 0.25) is 0 Å². The van der Waals surface area contributed by atoms with Crippen LogP contribution in [0, 0.1) is 0 Å². The Bertz CT molecular complexity index is 634. The molecule has 0 unspecified atom stereocenters. The summed E-state index contributed by atoms with van der Waals surface area (Å²) in [6.45, 7) is 2.83. The first-order chi connectivity index (χ1) is 10.1. The van der Waals surface area contributed by atoms with Gasteiger partial charge < -0.3 is 19.9 Å². The lowest BCUT2D eigenvalue weighted by atomic mass is 10.2. The Labute approximate surface area is 124 Å². The molecule has 0 saturated heterocycles. The van der Waals surface area contributed by atoms with Gasteiger partial charge in [-0.15, -0.1) is 0 Å². The van der Waals surface area contributed by atoms with E-state index in [1.165, 1.54) is 0 Å².